The molecule has 0 aromatic carbocycles. The first kappa shape index (κ1) is 20.5. The molecule has 1 aromatic heterocycles. The van der Waals surface area contributed by atoms with Crippen LogP contribution >= 0.6 is 23.1 Å². The van der Waals surface area contributed by atoms with Crippen LogP contribution in [0.25, 0.3) is 5.57 Å². The van der Waals surface area contributed by atoms with Gasteiger partial charge in [0.25, 0.3) is 0 Å². The third-order valence-corrected chi connectivity index (χ3v) is 7.99. The van der Waals surface area contributed by atoms with Crippen LogP contribution in [-0.4, -0.2) is 68.4 Å². The van der Waals surface area contributed by atoms with Crippen molar-refractivity contribution in [2.45, 2.75) is 42.8 Å². The monoisotopic (exact) mass is 437 g/mol. The molecule has 8 nitrogen and oxygen atoms in total. The quantitative estimate of drug-likeness (QED) is 0.489. The average Bonchev–Trinajstić information content (AvgIpc) is 3.24. The van der Waals surface area contributed by atoms with Gasteiger partial charge in [0.1, 0.15) is 5.70 Å². The lowest BCUT2D eigenvalue weighted by Gasteiger charge is -2.46. The molecule has 0 radical (unpaired) electrons. The number of aromatic nitrogens is 1. The lowest BCUT2D eigenvalue weighted by atomic mass is 9.79. The molecule has 0 bridgehead atoms. The Kier molecular flexibility index (Phi) is 5.56. The van der Waals surface area contributed by atoms with Crippen molar-refractivity contribution in [1.29, 1.82) is 0 Å². The Labute approximate surface area is 176 Å². The third kappa shape index (κ3) is 3.42. The molecule has 3 aliphatic heterocycles. The van der Waals surface area contributed by atoms with Gasteiger partial charge < -0.3 is 25.5 Å². The van der Waals surface area contributed by atoms with E-state index in [-0.39, 0.29) is 36.2 Å². The fourth-order valence-corrected chi connectivity index (χ4v) is 6.42. The highest BCUT2D eigenvalue weighted by Crippen LogP contribution is 2.52. The molecule has 0 aliphatic carbocycles. The molecule has 0 spiro atoms. The molecular weight excluding hydrogens is 414 g/mol. The summed E-state index contributed by atoms with van der Waals surface area (Å²) in [6, 6.07) is -0.316. The number of β-lactam (4-membered cyclic amide) rings is 1. The Morgan fingerprint density at radius 1 is 1.52 bits per heavy atom. The molecule has 4 heterocycles. The van der Waals surface area contributed by atoms with E-state index in [1.165, 1.54) is 28.0 Å². The predicted molar refractivity (Wildman–Crippen MR) is 109 cm³/mol. The van der Waals surface area contributed by atoms with E-state index in [9.17, 15) is 24.9 Å². The SMILES string of the molecule is C[C@@H](O)[C@H]1C(=O)N2C(C(=O)O)=C(Sc3nc(C4=CCN[C@@H](CO)C4)cs3)[C@H](C)[C@H]12. The van der Waals surface area contributed by atoms with Crippen molar-refractivity contribution < 1.29 is 24.9 Å². The zero-order chi connectivity index (χ0) is 20.9. The van der Waals surface area contributed by atoms with Gasteiger partial charge in [0, 0.05) is 28.8 Å². The second-order valence-electron chi connectivity index (χ2n) is 7.59. The summed E-state index contributed by atoms with van der Waals surface area (Å²) in [5.74, 6) is -2.23. The zero-order valence-corrected chi connectivity index (χ0v) is 17.7. The Hall–Kier alpha value is -1.72. The summed E-state index contributed by atoms with van der Waals surface area (Å²) >= 11 is 2.72. The highest BCUT2D eigenvalue weighted by atomic mass is 32.2. The standard InChI is InChI=1S/C19H23N3O5S2/c1-8-14-13(9(2)24)17(25)22(14)15(18(26)27)16(8)29-19-21-12(7-28-19)10-3-4-20-11(5-10)6-23/h3,7-9,11,13-14,20,23-24H,4-6H2,1-2H3,(H,26,27)/t8-,9-,11-,13-,14-/m1/s1. The van der Waals surface area contributed by atoms with Crippen LogP contribution in [0.5, 0.6) is 0 Å². The molecular formula is C19H23N3O5S2. The number of fused-ring (bicyclic) bond motifs is 1. The summed E-state index contributed by atoms with van der Waals surface area (Å²) < 4.78 is 0.712. The maximum atomic E-state index is 12.4. The van der Waals surface area contributed by atoms with Gasteiger partial charge in [0.2, 0.25) is 5.91 Å². The highest BCUT2D eigenvalue weighted by Gasteiger charge is 2.60. The number of thioether (sulfide) groups is 1. The minimum atomic E-state index is -1.14. The van der Waals surface area contributed by atoms with E-state index in [2.05, 4.69) is 10.3 Å². The zero-order valence-electron chi connectivity index (χ0n) is 16.0. The van der Waals surface area contributed by atoms with Crippen molar-refractivity contribution in [3.8, 4) is 0 Å². The first-order chi connectivity index (χ1) is 13.8. The highest BCUT2D eigenvalue weighted by molar-refractivity contribution is 8.04. The van der Waals surface area contributed by atoms with E-state index < -0.39 is 18.0 Å². The number of carboxylic acids is 1. The topological polar surface area (TPSA) is 123 Å². The summed E-state index contributed by atoms with van der Waals surface area (Å²) in [4.78, 5) is 30.9. The van der Waals surface area contributed by atoms with E-state index in [1.54, 1.807) is 6.92 Å². The van der Waals surface area contributed by atoms with E-state index in [0.29, 0.717) is 22.2 Å². The van der Waals surface area contributed by atoms with E-state index in [4.69, 9.17) is 0 Å². The van der Waals surface area contributed by atoms with Gasteiger partial charge in [-0.15, -0.1) is 11.3 Å². The second kappa shape index (κ2) is 7.84. The molecule has 4 N–H and O–H groups in total. The van der Waals surface area contributed by atoms with Crippen molar-refractivity contribution in [2.75, 3.05) is 13.2 Å². The fourth-order valence-electron chi connectivity index (χ4n) is 4.31. The molecule has 1 aromatic rings. The van der Waals surface area contributed by atoms with Gasteiger partial charge in [-0.2, -0.15) is 0 Å². The van der Waals surface area contributed by atoms with Crippen LogP contribution in [-0.2, 0) is 9.59 Å². The minimum Gasteiger partial charge on any atom is -0.477 e. The predicted octanol–water partition coefficient (Wildman–Crippen LogP) is 1.13. The van der Waals surface area contributed by atoms with Crippen LogP contribution in [0.2, 0.25) is 0 Å². The van der Waals surface area contributed by atoms with Gasteiger partial charge in [0.15, 0.2) is 4.34 Å². The van der Waals surface area contributed by atoms with E-state index in [1.807, 2.05) is 18.4 Å². The number of rotatable bonds is 6. The number of nitrogens with zero attached hydrogens (tertiary/aromatic N) is 2. The molecule has 156 valence electrons. The van der Waals surface area contributed by atoms with Gasteiger partial charge in [-0.05, 0) is 18.9 Å². The van der Waals surface area contributed by atoms with Gasteiger partial charge in [-0.1, -0.05) is 24.8 Å². The fraction of sp³-hybridized carbons (Fsp3) is 0.526. The normalized spacial score (nSPS) is 30.1. The van der Waals surface area contributed by atoms with Crippen LogP contribution in [0.1, 0.15) is 26.0 Å². The number of nitrogens with one attached hydrogen (secondary N) is 1. The Balaban J connectivity index is 1.58. The Morgan fingerprint density at radius 2 is 2.28 bits per heavy atom. The average molecular weight is 438 g/mol. The van der Waals surface area contributed by atoms with Crippen LogP contribution in [0.3, 0.4) is 0 Å². The molecule has 0 unspecified atom stereocenters. The van der Waals surface area contributed by atoms with Crippen LogP contribution in [0.4, 0.5) is 0 Å². The van der Waals surface area contributed by atoms with Crippen LogP contribution in [0.15, 0.2) is 26.4 Å². The summed E-state index contributed by atoms with van der Waals surface area (Å²) in [5.41, 5.74) is 1.90. The van der Waals surface area contributed by atoms with Gasteiger partial charge >= 0.3 is 5.97 Å². The van der Waals surface area contributed by atoms with Crippen molar-refractivity contribution >= 4 is 40.5 Å². The summed E-state index contributed by atoms with van der Waals surface area (Å²) in [5, 5.41) is 34.2. The number of thiazole rings is 1. The van der Waals surface area contributed by atoms with Crippen LogP contribution < -0.4 is 5.32 Å². The number of carboxylic acid groups (broad SMARTS) is 1. The maximum absolute atomic E-state index is 12.4. The number of hydrogen-bond donors (Lipinski definition) is 4. The Morgan fingerprint density at radius 3 is 2.93 bits per heavy atom. The van der Waals surface area contributed by atoms with Crippen molar-refractivity contribution in [3.63, 3.8) is 0 Å². The minimum absolute atomic E-state index is 0.00702. The van der Waals surface area contributed by atoms with Gasteiger partial charge in [-0.25, -0.2) is 9.78 Å². The first-order valence-corrected chi connectivity index (χ1v) is 11.2. The number of aliphatic hydroxyl groups is 2. The number of amides is 1. The smallest absolute Gasteiger partial charge is 0.353 e. The summed E-state index contributed by atoms with van der Waals surface area (Å²) in [6.45, 7) is 4.20. The molecule has 5 atom stereocenters. The van der Waals surface area contributed by atoms with Crippen molar-refractivity contribution in [1.82, 2.24) is 15.2 Å². The number of aliphatic hydroxyl groups excluding tert-OH is 2. The molecule has 1 fully saturated rings. The molecule has 10 heteroatoms. The maximum Gasteiger partial charge on any atom is 0.353 e. The summed E-state index contributed by atoms with van der Waals surface area (Å²) in [6.07, 6.45) is 1.92. The lowest BCUT2D eigenvalue weighted by molar-refractivity contribution is -0.163. The largest absolute Gasteiger partial charge is 0.477 e. The van der Waals surface area contributed by atoms with E-state index >= 15 is 0 Å². The summed E-state index contributed by atoms with van der Waals surface area (Å²) in [7, 11) is 0. The van der Waals surface area contributed by atoms with Gasteiger partial charge in [-0.3, -0.25) is 4.79 Å². The van der Waals surface area contributed by atoms with Crippen LogP contribution in [0, 0.1) is 11.8 Å². The molecule has 0 saturated carbocycles. The molecule has 29 heavy (non-hydrogen) atoms. The van der Waals surface area contributed by atoms with E-state index in [0.717, 1.165) is 11.3 Å². The van der Waals surface area contributed by atoms with Crippen molar-refractivity contribution in [2.24, 2.45) is 11.8 Å². The van der Waals surface area contributed by atoms with Crippen molar-refractivity contribution in [3.05, 3.63) is 27.8 Å². The number of aliphatic carboxylic acids is 1. The molecule has 1 saturated heterocycles. The third-order valence-electron chi connectivity index (χ3n) is 5.76. The number of carbonyl (C=O) groups excluding carboxylic acids is 1. The number of carbonyl (C=O) groups is 2. The van der Waals surface area contributed by atoms with Gasteiger partial charge in [0.05, 0.1) is 30.4 Å². The number of hydrogen-bond acceptors (Lipinski definition) is 8. The second-order valence-corrected chi connectivity index (χ2v) is 9.74. The molecule has 4 rings (SSSR count). The molecule has 3 aliphatic rings. The first-order valence-electron chi connectivity index (χ1n) is 9.49. The molecule has 1 amide bonds. The Bertz CT molecular complexity index is 909. The lowest BCUT2D eigenvalue weighted by Crippen LogP contribution is -2.63.